The van der Waals surface area contributed by atoms with Crippen LogP contribution in [0.15, 0.2) is 36.7 Å². The third-order valence-electron chi connectivity index (χ3n) is 5.91. The number of pyridine rings is 1. The molecule has 1 unspecified atom stereocenters. The van der Waals surface area contributed by atoms with Gasteiger partial charge in [-0.05, 0) is 50.5 Å². The van der Waals surface area contributed by atoms with Gasteiger partial charge in [0.05, 0.1) is 19.3 Å². The number of aromatic nitrogens is 3. The van der Waals surface area contributed by atoms with Gasteiger partial charge in [0.15, 0.2) is 5.82 Å². The molecule has 0 saturated carbocycles. The number of hydrogen-bond donors (Lipinski definition) is 1. The summed E-state index contributed by atoms with van der Waals surface area (Å²) in [5, 5.41) is 3.72. The summed E-state index contributed by atoms with van der Waals surface area (Å²) in [6.07, 6.45) is 6.82. The molecular weight excluding hydrogens is 394 g/mol. The number of anilines is 1. The van der Waals surface area contributed by atoms with Crippen molar-refractivity contribution in [3.8, 4) is 11.4 Å². The average molecular weight is 422 g/mol. The van der Waals surface area contributed by atoms with E-state index in [1.54, 1.807) is 12.4 Å². The van der Waals surface area contributed by atoms with Crippen LogP contribution in [0.3, 0.4) is 0 Å². The Morgan fingerprint density at radius 2 is 1.93 bits per heavy atom. The van der Waals surface area contributed by atoms with E-state index >= 15 is 0 Å². The molecule has 0 amide bonds. The van der Waals surface area contributed by atoms with Crippen LogP contribution in [0.25, 0.3) is 11.4 Å². The van der Waals surface area contributed by atoms with Crippen LogP contribution in [0.1, 0.15) is 33.5 Å². The molecule has 0 aromatic carbocycles. The zero-order valence-corrected chi connectivity index (χ0v) is 18.1. The van der Waals surface area contributed by atoms with Crippen LogP contribution in [0.2, 0.25) is 0 Å². The van der Waals surface area contributed by atoms with Gasteiger partial charge in [-0.25, -0.2) is 9.97 Å². The molecule has 1 N–H and O–H groups in total. The van der Waals surface area contributed by atoms with Crippen molar-refractivity contribution in [3.63, 3.8) is 0 Å². The molecule has 4 heterocycles. The number of thiophene rings is 1. The number of fused-ring (bicyclic) bond motifs is 1. The number of rotatable bonds is 6. The summed E-state index contributed by atoms with van der Waals surface area (Å²) in [4.78, 5) is 19.2. The van der Waals surface area contributed by atoms with E-state index in [-0.39, 0.29) is 0 Å². The van der Waals surface area contributed by atoms with E-state index in [1.165, 1.54) is 21.0 Å². The smallest absolute Gasteiger partial charge is 0.161 e. The van der Waals surface area contributed by atoms with Gasteiger partial charge in [0.2, 0.25) is 0 Å². The van der Waals surface area contributed by atoms with Gasteiger partial charge in [-0.2, -0.15) is 0 Å². The quantitative estimate of drug-likeness (QED) is 0.652. The Hall–Kier alpha value is -2.35. The van der Waals surface area contributed by atoms with Gasteiger partial charge in [-0.15, -0.1) is 11.3 Å². The second-order valence-corrected chi connectivity index (χ2v) is 9.22. The van der Waals surface area contributed by atoms with Gasteiger partial charge in [-0.3, -0.25) is 9.88 Å². The Bertz CT molecular complexity index is 1000. The number of nitrogens with one attached hydrogen (secondary N) is 1. The summed E-state index contributed by atoms with van der Waals surface area (Å²) < 4.78 is 5.59. The molecule has 3 aromatic heterocycles. The van der Waals surface area contributed by atoms with Crippen molar-refractivity contribution < 1.29 is 4.74 Å². The molecular formula is C23H27N5OS. The first-order valence-electron chi connectivity index (χ1n) is 10.7. The van der Waals surface area contributed by atoms with Gasteiger partial charge in [0, 0.05) is 58.6 Å². The minimum Gasteiger partial charge on any atom is -0.379 e. The van der Waals surface area contributed by atoms with Crippen LogP contribution in [0, 0.1) is 6.92 Å². The van der Waals surface area contributed by atoms with E-state index in [1.807, 2.05) is 23.5 Å². The lowest BCUT2D eigenvalue weighted by Crippen LogP contribution is -2.41. The third-order valence-corrected chi connectivity index (χ3v) is 7.01. The van der Waals surface area contributed by atoms with E-state index in [0.717, 1.165) is 69.3 Å². The zero-order chi connectivity index (χ0) is 20.3. The van der Waals surface area contributed by atoms with E-state index in [9.17, 15) is 0 Å². The predicted molar refractivity (Wildman–Crippen MR) is 120 cm³/mol. The molecule has 1 aliphatic carbocycles. The Morgan fingerprint density at radius 3 is 2.70 bits per heavy atom. The van der Waals surface area contributed by atoms with Gasteiger partial charge in [0.1, 0.15) is 5.82 Å². The van der Waals surface area contributed by atoms with Gasteiger partial charge in [-0.1, -0.05) is 0 Å². The molecule has 0 radical (unpaired) electrons. The number of morpholine rings is 1. The van der Waals surface area contributed by atoms with Crippen LogP contribution in [0.5, 0.6) is 0 Å². The highest BCUT2D eigenvalue weighted by molar-refractivity contribution is 7.12. The van der Waals surface area contributed by atoms with Gasteiger partial charge in [0.25, 0.3) is 0 Å². The van der Waals surface area contributed by atoms with Crippen molar-refractivity contribution in [2.45, 2.75) is 32.2 Å². The Morgan fingerprint density at radius 1 is 1.10 bits per heavy atom. The topological polar surface area (TPSA) is 63.2 Å². The van der Waals surface area contributed by atoms with E-state index in [0.29, 0.717) is 6.04 Å². The molecule has 1 atom stereocenters. The predicted octanol–water partition coefficient (Wildman–Crippen LogP) is 3.88. The monoisotopic (exact) mass is 421 g/mol. The third kappa shape index (κ3) is 4.10. The summed E-state index contributed by atoms with van der Waals surface area (Å²) in [6.45, 7) is 6.54. The Kier molecular flexibility index (Phi) is 5.75. The van der Waals surface area contributed by atoms with Crippen molar-refractivity contribution in [3.05, 3.63) is 57.7 Å². The number of hydrogen-bond acceptors (Lipinski definition) is 7. The normalized spacial score (nSPS) is 17.6. The van der Waals surface area contributed by atoms with E-state index in [2.05, 4.69) is 34.3 Å². The first-order valence-corrected chi connectivity index (χ1v) is 11.5. The lowest BCUT2D eigenvalue weighted by molar-refractivity contribution is 0.0194. The number of ether oxygens (including phenoxy) is 1. The molecule has 1 aliphatic heterocycles. The molecule has 7 heteroatoms. The second-order valence-electron chi connectivity index (χ2n) is 7.90. The largest absolute Gasteiger partial charge is 0.379 e. The SMILES string of the molecule is Cc1ccc(C(CNc2nc(-c3ccncc3)nc3c2CCC3)N2CCOCC2)s1. The molecule has 30 heavy (non-hydrogen) atoms. The zero-order valence-electron chi connectivity index (χ0n) is 17.3. The van der Waals surface area contributed by atoms with Crippen LogP contribution >= 0.6 is 11.3 Å². The molecule has 5 rings (SSSR count). The molecule has 6 nitrogen and oxygen atoms in total. The van der Waals surface area contributed by atoms with Crippen molar-refractivity contribution in [2.24, 2.45) is 0 Å². The van der Waals surface area contributed by atoms with Gasteiger partial charge >= 0.3 is 0 Å². The van der Waals surface area contributed by atoms with Crippen molar-refractivity contribution in [1.29, 1.82) is 0 Å². The lowest BCUT2D eigenvalue weighted by Gasteiger charge is -2.34. The Labute approximate surface area is 181 Å². The van der Waals surface area contributed by atoms with E-state index < -0.39 is 0 Å². The molecule has 1 saturated heterocycles. The fourth-order valence-electron chi connectivity index (χ4n) is 4.33. The van der Waals surface area contributed by atoms with Crippen LogP contribution in [-0.4, -0.2) is 52.7 Å². The fraction of sp³-hybridized carbons (Fsp3) is 0.435. The fourth-order valence-corrected chi connectivity index (χ4v) is 5.35. The highest BCUT2D eigenvalue weighted by Crippen LogP contribution is 2.32. The molecule has 3 aromatic rings. The van der Waals surface area contributed by atoms with Crippen molar-refractivity contribution >= 4 is 17.2 Å². The summed E-state index contributed by atoms with van der Waals surface area (Å²) in [5.41, 5.74) is 3.49. The number of aryl methyl sites for hydroxylation is 2. The molecule has 2 aliphatic rings. The maximum atomic E-state index is 5.59. The highest BCUT2D eigenvalue weighted by Gasteiger charge is 2.26. The first kappa shape index (κ1) is 19.6. The van der Waals surface area contributed by atoms with Crippen LogP contribution < -0.4 is 5.32 Å². The van der Waals surface area contributed by atoms with Crippen LogP contribution in [0.4, 0.5) is 5.82 Å². The van der Waals surface area contributed by atoms with Crippen LogP contribution in [-0.2, 0) is 17.6 Å². The minimum absolute atomic E-state index is 0.323. The maximum absolute atomic E-state index is 5.59. The Balaban J connectivity index is 1.43. The average Bonchev–Trinajstić information content (AvgIpc) is 3.44. The summed E-state index contributed by atoms with van der Waals surface area (Å²) >= 11 is 1.89. The van der Waals surface area contributed by atoms with Crippen molar-refractivity contribution in [1.82, 2.24) is 19.9 Å². The summed E-state index contributed by atoms with van der Waals surface area (Å²) in [5.74, 6) is 1.78. The molecule has 0 spiro atoms. The number of nitrogens with zero attached hydrogens (tertiary/aromatic N) is 4. The van der Waals surface area contributed by atoms with Crippen molar-refractivity contribution in [2.75, 3.05) is 38.2 Å². The minimum atomic E-state index is 0.323. The molecule has 0 bridgehead atoms. The maximum Gasteiger partial charge on any atom is 0.161 e. The summed E-state index contributed by atoms with van der Waals surface area (Å²) in [6, 6.07) is 8.77. The first-order chi connectivity index (χ1) is 14.8. The summed E-state index contributed by atoms with van der Waals surface area (Å²) in [7, 11) is 0. The second kappa shape index (κ2) is 8.79. The standard InChI is InChI=1S/C23H27N5OS/c1-16-5-6-21(30-16)20(28-11-13-29-14-12-28)15-25-23-18-3-2-4-19(18)26-22(27-23)17-7-9-24-10-8-17/h5-10,20H,2-4,11-15H2,1H3,(H,25,26,27). The van der Waals surface area contributed by atoms with Gasteiger partial charge < -0.3 is 10.1 Å². The molecule has 156 valence electrons. The van der Waals surface area contributed by atoms with E-state index in [4.69, 9.17) is 14.7 Å². The molecule has 1 fully saturated rings. The lowest BCUT2D eigenvalue weighted by atomic mass is 10.1. The highest BCUT2D eigenvalue weighted by atomic mass is 32.1.